The third-order valence-electron chi connectivity index (χ3n) is 3.15. The highest BCUT2D eigenvalue weighted by molar-refractivity contribution is 7.89. The molecule has 0 bridgehead atoms. The van der Waals surface area contributed by atoms with Crippen LogP contribution in [0.25, 0.3) is 0 Å². The molecule has 1 aromatic rings. The molecule has 6 nitrogen and oxygen atoms in total. The van der Waals surface area contributed by atoms with Crippen LogP contribution >= 0.6 is 11.6 Å². The Balaban J connectivity index is 3.03. The van der Waals surface area contributed by atoms with Crippen LogP contribution < -0.4 is 4.72 Å². The van der Waals surface area contributed by atoms with Crippen molar-refractivity contribution in [1.29, 1.82) is 0 Å². The van der Waals surface area contributed by atoms with Gasteiger partial charge in [-0.2, -0.15) is 0 Å². The first-order chi connectivity index (χ1) is 9.15. The van der Waals surface area contributed by atoms with Crippen molar-refractivity contribution in [2.24, 2.45) is 11.8 Å². The van der Waals surface area contributed by atoms with Gasteiger partial charge in [-0.15, -0.1) is 0 Å². The molecule has 0 aliphatic rings. The molecule has 8 heteroatoms. The zero-order valence-corrected chi connectivity index (χ0v) is 13.0. The molecule has 0 saturated heterocycles. The fourth-order valence-electron chi connectivity index (χ4n) is 1.37. The molecule has 0 amide bonds. The van der Waals surface area contributed by atoms with Crippen molar-refractivity contribution in [2.45, 2.75) is 25.7 Å². The minimum Gasteiger partial charge on any atom is -0.258 e. The second kappa shape index (κ2) is 6.51. The van der Waals surface area contributed by atoms with Crippen molar-refractivity contribution in [1.82, 2.24) is 4.72 Å². The minimum atomic E-state index is -3.86. The molecule has 1 N–H and O–H groups in total. The van der Waals surface area contributed by atoms with E-state index >= 15 is 0 Å². The van der Waals surface area contributed by atoms with E-state index in [2.05, 4.69) is 4.72 Å². The van der Waals surface area contributed by atoms with Gasteiger partial charge in [-0.05, 0) is 17.9 Å². The summed E-state index contributed by atoms with van der Waals surface area (Å²) >= 11 is 5.82. The number of nitro benzene ring substituents is 1. The second-order valence-electron chi connectivity index (χ2n) is 4.95. The third kappa shape index (κ3) is 4.16. The molecule has 20 heavy (non-hydrogen) atoms. The Kier molecular flexibility index (Phi) is 5.50. The molecule has 0 spiro atoms. The molecule has 0 fully saturated rings. The van der Waals surface area contributed by atoms with Gasteiger partial charge in [-0.3, -0.25) is 10.1 Å². The van der Waals surface area contributed by atoms with E-state index < -0.39 is 14.9 Å². The van der Waals surface area contributed by atoms with Gasteiger partial charge in [0, 0.05) is 18.7 Å². The van der Waals surface area contributed by atoms with E-state index in [-0.39, 0.29) is 28.1 Å². The molecule has 112 valence electrons. The van der Waals surface area contributed by atoms with Crippen LogP contribution in [0.2, 0.25) is 5.02 Å². The molecule has 0 aliphatic carbocycles. The number of halogens is 1. The molecule has 0 heterocycles. The summed E-state index contributed by atoms with van der Waals surface area (Å²) in [5.74, 6) is 0.459. The summed E-state index contributed by atoms with van der Waals surface area (Å²) in [6.07, 6.45) is 0. The van der Waals surface area contributed by atoms with Crippen LogP contribution in [0.4, 0.5) is 5.69 Å². The first kappa shape index (κ1) is 16.9. The number of hydrogen-bond donors (Lipinski definition) is 1. The predicted octanol–water partition coefficient (Wildman–Crippen LogP) is 2.82. The van der Waals surface area contributed by atoms with Gasteiger partial charge in [-0.1, -0.05) is 32.4 Å². The minimum absolute atomic E-state index is 0.0414. The SMILES string of the molecule is CC(C)C(C)CNS(=O)(=O)c1cc([N+](=O)[O-])ccc1Cl. The number of benzene rings is 1. The maximum atomic E-state index is 12.1. The normalized spacial score (nSPS) is 13.4. The van der Waals surface area contributed by atoms with E-state index in [4.69, 9.17) is 11.6 Å². The maximum Gasteiger partial charge on any atom is 0.270 e. The maximum absolute atomic E-state index is 12.1. The van der Waals surface area contributed by atoms with E-state index in [1.54, 1.807) is 0 Å². The van der Waals surface area contributed by atoms with Crippen molar-refractivity contribution in [3.8, 4) is 0 Å². The molecule has 1 atom stereocenters. The zero-order valence-electron chi connectivity index (χ0n) is 11.5. The molecule has 1 unspecified atom stereocenters. The number of nitrogens with one attached hydrogen (secondary N) is 1. The molecular formula is C12H17ClN2O4S. The lowest BCUT2D eigenvalue weighted by molar-refractivity contribution is -0.385. The summed E-state index contributed by atoms with van der Waals surface area (Å²) in [4.78, 5) is 9.76. The van der Waals surface area contributed by atoms with Crippen molar-refractivity contribution < 1.29 is 13.3 Å². The summed E-state index contributed by atoms with van der Waals surface area (Å²) in [6, 6.07) is 3.34. The number of rotatable bonds is 6. The largest absolute Gasteiger partial charge is 0.270 e. The third-order valence-corrected chi connectivity index (χ3v) is 5.05. The molecular weight excluding hydrogens is 304 g/mol. The summed E-state index contributed by atoms with van der Waals surface area (Å²) in [6.45, 7) is 6.14. The van der Waals surface area contributed by atoms with Gasteiger partial charge in [0.25, 0.3) is 5.69 Å². The van der Waals surface area contributed by atoms with Crippen molar-refractivity contribution in [2.75, 3.05) is 6.54 Å². The van der Waals surface area contributed by atoms with Crippen molar-refractivity contribution in [3.63, 3.8) is 0 Å². The van der Waals surface area contributed by atoms with Gasteiger partial charge >= 0.3 is 0 Å². The van der Waals surface area contributed by atoms with Gasteiger partial charge in [0.15, 0.2) is 0 Å². The van der Waals surface area contributed by atoms with E-state index in [1.165, 1.54) is 6.07 Å². The van der Waals surface area contributed by atoms with Gasteiger partial charge in [-0.25, -0.2) is 13.1 Å². The van der Waals surface area contributed by atoms with Gasteiger partial charge in [0.2, 0.25) is 10.0 Å². The van der Waals surface area contributed by atoms with E-state index in [1.807, 2.05) is 20.8 Å². The number of nitro groups is 1. The van der Waals surface area contributed by atoms with Crippen LogP contribution in [0.15, 0.2) is 23.1 Å². The highest BCUT2D eigenvalue weighted by atomic mass is 35.5. The van der Waals surface area contributed by atoms with Crippen molar-refractivity contribution >= 4 is 27.3 Å². The quantitative estimate of drug-likeness (QED) is 0.644. The summed E-state index contributed by atoms with van der Waals surface area (Å²) in [5, 5.41) is 10.7. The Hall–Kier alpha value is -1.18. The fraction of sp³-hybridized carbons (Fsp3) is 0.500. The highest BCUT2D eigenvalue weighted by Gasteiger charge is 2.22. The number of non-ortho nitro benzene ring substituents is 1. The Morgan fingerprint density at radius 3 is 2.45 bits per heavy atom. The smallest absolute Gasteiger partial charge is 0.258 e. The number of hydrogen-bond acceptors (Lipinski definition) is 4. The van der Waals surface area contributed by atoms with Gasteiger partial charge < -0.3 is 0 Å². The van der Waals surface area contributed by atoms with Crippen LogP contribution in [-0.2, 0) is 10.0 Å². The molecule has 0 aliphatic heterocycles. The molecule has 1 rings (SSSR count). The van der Waals surface area contributed by atoms with Crippen LogP contribution in [0.5, 0.6) is 0 Å². The van der Waals surface area contributed by atoms with Crippen LogP contribution in [0, 0.1) is 22.0 Å². The van der Waals surface area contributed by atoms with E-state index in [0.717, 1.165) is 12.1 Å². The summed E-state index contributed by atoms with van der Waals surface area (Å²) in [7, 11) is -3.86. The van der Waals surface area contributed by atoms with Crippen LogP contribution in [-0.4, -0.2) is 19.9 Å². The fourth-order valence-corrected chi connectivity index (χ4v) is 3.03. The standard InChI is InChI=1S/C12H17ClN2O4S/c1-8(2)9(3)7-14-20(18,19)12-6-10(15(16)17)4-5-11(12)13/h4-6,8-9,14H,7H2,1-3H3. The zero-order chi connectivity index (χ0) is 15.5. The number of nitrogens with zero attached hydrogens (tertiary/aromatic N) is 1. The Morgan fingerprint density at radius 2 is 1.95 bits per heavy atom. The van der Waals surface area contributed by atoms with Crippen molar-refractivity contribution in [3.05, 3.63) is 33.3 Å². The van der Waals surface area contributed by atoms with E-state index in [9.17, 15) is 18.5 Å². The molecule has 0 radical (unpaired) electrons. The summed E-state index contributed by atoms with van der Waals surface area (Å²) < 4.78 is 26.7. The monoisotopic (exact) mass is 320 g/mol. The Labute approximate surface area is 123 Å². The summed E-state index contributed by atoms with van der Waals surface area (Å²) in [5.41, 5.74) is -0.313. The Bertz CT molecular complexity index is 601. The lowest BCUT2D eigenvalue weighted by atomic mass is 9.99. The molecule has 1 aromatic carbocycles. The van der Waals surface area contributed by atoms with E-state index in [0.29, 0.717) is 5.92 Å². The topological polar surface area (TPSA) is 89.3 Å². The average Bonchev–Trinajstić information content (AvgIpc) is 2.35. The lowest BCUT2D eigenvalue weighted by Crippen LogP contribution is -2.30. The van der Waals surface area contributed by atoms with Crippen LogP contribution in [0.3, 0.4) is 0 Å². The number of sulfonamides is 1. The second-order valence-corrected chi connectivity index (χ2v) is 7.09. The average molecular weight is 321 g/mol. The lowest BCUT2D eigenvalue weighted by Gasteiger charge is -2.16. The molecule has 0 aromatic heterocycles. The predicted molar refractivity (Wildman–Crippen MR) is 77.3 cm³/mol. The highest BCUT2D eigenvalue weighted by Crippen LogP contribution is 2.26. The van der Waals surface area contributed by atoms with Gasteiger partial charge in [0.1, 0.15) is 4.90 Å². The Morgan fingerprint density at radius 1 is 1.35 bits per heavy atom. The van der Waals surface area contributed by atoms with Gasteiger partial charge in [0.05, 0.1) is 9.95 Å². The van der Waals surface area contributed by atoms with Crippen LogP contribution in [0.1, 0.15) is 20.8 Å². The first-order valence-corrected chi connectivity index (χ1v) is 7.95. The molecule has 0 saturated carbocycles. The first-order valence-electron chi connectivity index (χ1n) is 6.08.